The Morgan fingerprint density at radius 1 is 1.36 bits per heavy atom. The first-order valence-electron chi connectivity index (χ1n) is 7.66. The second-order valence-corrected chi connectivity index (χ2v) is 7.40. The molecule has 1 N–H and O–H groups in total. The molecule has 2 rings (SSSR count). The summed E-state index contributed by atoms with van der Waals surface area (Å²) in [6, 6.07) is 3.35. The molecule has 0 unspecified atom stereocenters. The highest BCUT2D eigenvalue weighted by molar-refractivity contribution is 7.89. The number of carbonyl (C=O) groups excluding carboxylic acids is 1. The van der Waals surface area contributed by atoms with Crippen molar-refractivity contribution in [3.63, 3.8) is 0 Å². The summed E-state index contributed by atoms with van der Waals surface area (Å²) >= 11 is 0. The van der Waals surface area contributed by atoms with E-state index in [0.717, 1.165) is 25.7 Å². The Bertz CT molecular complexity index is 583. The second-order valence-electron chi connectivity index (χ2n) is 5.63. The molecule has 1 aromatic heterocycles. The molecular weight excluding hydrogens is 302 g/mol. The molecule has 0 saturated heterocycles. The molecule has 1 heterocycles. The van der Waals surface area contributed by atoms with Crippen LogP contribution in [0.4, 0.5) is 0 Å². The molecule has 0 atom stereocenters. The van der Waals surface area contributed by atoms with Crippen molar-refractivity contribution in [3.8, 4) is 0 Å². The van der Waals surface area contributed by atoms with Crippen molar-refractivity contribution in [1.82, 2.24) is 14.6 Å². The molecule has 6 nitrogen and oxygen atoms in total. The maximum atomic E-state index is 12.1. The van der Waals surface area contributed by atoms with Crippen LogP contribution in [-0.2, 0) is 14.8 Å². The van der Waals surface area contributed by atoms with Crippen LogP contribution in [0.15, 0.2) is 29.4 Å². The van der Waals surface area contributed by atoms with Gasteiger partial charge >= 0.3 is 0 Å². The van der Waals surface area contributed by atoms with Gasteiger partial charge in [0.05, 0.1) is 0 Å². The number of hydrogen-bond acceptors (Lipinski definition) is 4. The molecular formula is C15H23N3O3S. The molecule has 122 valence electrons. The topological polar surface area (TPSA) is 79.4 Å². The zero-order valence-electron chi connectivity index (χ0n) is 12.9. The van der Waals surface area contributed by atoms with E-state index in [1.54, 1.807) is 11.0 Å². The zero-order valence-corrected chi connectivity index (χ0v) is 13.7. The first-order valence-corrected chi connectivity index (χ1v) is 9.14. The third-order valence-electron chi connectivity index (χ3n) is 4.09. The highest BCUT2D eigenvalue weighted by Crippen LogP contribution is 2.21. The summed E-state index contributed by atoms with van der Waals surface area (Å²) in [7, 11) is -1.78. The van der Waals surface area contributed by atoms with Gasteiger partial charge in [0.25, 0.3) is 0 Å². The Morgan fingerprint density at radius 2 is 2.09 bits per heavy atom. The molecule has 0 aromatic carbocycles. The van der Waals surface area contributed by atoms with Crippen LogP contribution in [0.2, 0.25) is 0 Å². The maximum absolute atomic E-state index is 12.1. The van der Waals surface area contributed by atoms with Gasteiger partial charge in [-0.25, -0.2) is 13.1 Å². The fraction of sp³-hybridized carbons (Fsp3) is 0.600. The molecule has 7 heteroatoms. The van der Waals surface area contributed by atoms with Crippen molar-refractivity contribution >= 4 is 15.9 Å². The summed E-state index contributed by atoms with van der Waals surface area (Å²) < 4.78 is 26.5. The number of hydrogen-bond donors (Lipinski definition) is 1. The number of rotatable bonds is 6. The molecule has 1 aliphatic rings. The van der Waals surface area contributed by atoms with Crippen LogP contribution in [0.1, 0.15) is 38.5 Å². The van der Waals surface area contributed by atoms with Gasteiger partial charge in [0, 0.05) is 38.4 Å². The number of nitrogens with one attached hydrogen (secondary N) is 1. The van der Waals surface area contributed by atoms with E-state index in [9.17, 15) is 13.2 Å². The normalized spacial score (nSPS) is 16.4. The third kappa shape index (κ3) is 4.51. The average Bonchev–Trinajstić information content (AvgIpc) is 2.55. The lowest BCUT2D eigenvalue weighted by Crippen LogP contribution is -2.39. The van der Waals surface area contributed by atoms with Crippen molar-refractivity contribution in [2.24, 2.45) is 0 Å². The van der Waals surface area contributed by atoms with Crippen LogP contribution in [0.3, 0.4) is 0 Å². The molecule has 0 aliphatic heterocycles. The van der Waals surface area contributed by atoms with E-state index in [-0.39, 0.29) is 23.8 Å². The number of carbonyl (C=O) groups is 1. The Labute approximate surface area is 132 Å². The molecule has 0 bridgehead atoms. The highest BCUT2D eigenvalue weighted by atomic mass is 32.2. The molecule has 0 radical (unpaired) electrons. The number of nitrogens with zero attached hydrogens (tertiary/aromatic N) is 2. The fourth-order valence-electron chi connectivity index (χ4n) is 2.73. The van der Waals surface area contributed by atoms with Gasteiger partial charge in [-0.3, -0.25) is 9.78 Å². The monoisotopic (exact) mass is 325 g/mol. The minimum absolute atomic E-state index is 0.0132. The van der Waals surface area contributed by atoms with Crippen molar-refractivity contribution in [2.75, 3.05) is 13.6 Å². The zero-order chi connectivity index (χ0) is 16.0. The van der Waals surface area contributed by atoms with E-state index >= 15 is 0 Å². The smallest absolute Gasteiger partial charge is 0.242 e. The van der Waals surface area contributed by atoms with Gasteiger partial charge in [-0.05, 0) is 25.0 Å². The molecule has 22 heavy (non-hydrogen) atoms. The summed E-state index contributed by atoms with van der Waals surface area (Å²) in [6.07, 6.45) is 8.63. The van der Waals surface area contributed by atoms with Gasteiger partial charge in [0.2, 0.25) is 15.9 Å². The van der Waals surface area contributed by atoms with E-state index in [1.165, 1.54) is 24.9 Å². The summed E-state index contributed by atoms with van der Waals surface area (Å²) in [4.78, 5) is 17.8. The quantitative estimate of drug-likeness (QED) is 0.860. The maximum Gasteiger partial charge on any atom is 0.242 e. The van der Waals surface area contributed by atoms with Gasteiger partial charge in [-0.1, -0.05) is 19.3 Å². The first-order chi connectivity index (χ1) is 10.5. The number of amides is 1. The van der Waals surface area contributed by atoms with Crippen molar-refractivity contribution < 1.29 is 13.2 Å². The van der Waals surface area contributed by atoms with Gasteiger partial charge < -0.3 is 4.90 Å². The van der Waals surface area contributed by atoms with Crippen LogP contribution in [-0.4, -0.2) is 43.8 Å². The lowest BCUT2D eigenvalue weighted by molar-refractivity contribution is -0.132. The first kappa shape index (κ1) is 16.9. The van der Waals surface area contributed by atoms with Gasteiger partial charge in [0.1, 0.15) is 4.90 Å². The standard InChI is InChI=1S/C15H23N3O3S/c1-18(13-6-3-2-4-7-13)15(19)9-11-17-22(20,21)14-8-5-10-16-12-14/h5,8,10,12-13,17H,2-4,6-7,9,11H2,1H3. The highest BCUT2D eigenvalue weighted by Gasteiger charge is 2.22. The summed E-state index contributed by atoms with van der Waals surface area (Å²) in [5, 5.41) is 0. The largest absolute Gasteiger partial charge is 0.343 e. The van der Waals surface area contributed by atoms with Crippen LogP contribution in [0.5, 0.6) is 0 Å². The molecule has 1 saturated carbocycles. The van der Waals surface area contributed by atoms with Gasteiger partial charge in [-0.15, -0.1) is 0 Å². The SMILES string of the molecule is CN(C(=O)CCNS(=O)(=O)c1cccnc1)C1CCCCC1. The second kappa shape index (κ2) is 7.69. The van der Waals surface area contributed by atoms with Crippen LogP contribution < -0.4 is 4.72 Å². The number of aromatic nitrogens is 1. The summed E-state index contributed by atoms with van der Waals surface area (Å²) in [5.41, 5.74) is 0. The van der Waals surface area contributed by atoms with Gasteiger partial charge in [0.15, 0.2) is 0 Å². The van der Waals surface area contributed by atoms with E-state index in [2.05, 4.69) is 9.71 Å². The molecule has 1 amide bonds. The van der Waals surface area contributed by atoms with Crippen molar-refractivity contribution in [1.29, 1.82) is 0 Å². The molecule has 1 aromatic rings. The number of sulfonamides is 1. The average molecular weight is 325 g/mol. The molecule has 1 aliphatic carbocycles. The van der Waals surface area contributed by atoms with E-state index < -0.39 is 10.0 Å². The summed E-state index contributed by atoms with van der Waals surface area (Å²) in [5.74, 6) is -0.0132. The Kier molecular flexibility index (Phi) is 5.90. The molecule has 0 spiro atoms. The van der Waals surface area contributed by atoms with E-state index in [0.29, 0.717) is 6.04 Å². The third-order valence-corrected chi connectivity index (χ3v) is 5.54. The van der Waals surface area contributed by atoms with Crippen molar-refractivity contribution in [3.05, 3.63) is 24.5 Å². The van der Waals surface area contributed by atoms with Crippen molar-refractivity contribution in [2.45, 2.75) is 49.5 Å². The van der Waals surface area contributed by atoms with Crippen LogP contribution in [0, 0.1) is 0 Å². The lowest BCUT2D eigenvalue weighted by atomic mass is 9.94. The predicted octanol–water partition coefficient (Wildman–Crippen LogP) is 1.54. The Morgan fingerprint density at radius 3 is 2.73 bits per heavy atom. The lowest BCUT2D eigenvalue weighted by Gasteiger charge is -2.31. The summed E-state index contributed by atoms with van der Waals surface area (Å²) in [6.45, 7) is 0.104. The molecule has 1 fully saturated rings. The fourth-order valence-corrected chi connectivity index (χ4v) is 3.72. The van der Waals surface area contributed by atoms with Crippen LogP contribution >= 0.6 is 0 Å². The number of pyridine rings is 1. The minimum atomic E-state index is -3.59. The predicted molar refractivity (Wildman–Crippen MR) is 83.7 cm³/mol. The minimum Gasteiger partial charge on any atom is -0.343 e. The van der Waals surface area contributed by atoms with E-state index in [1.807, 2.05) is 7.05 Å². The Balaban J connectivity index is 1.81. The van der Waals surface area contributed by atoms with Gasteiger partial charge in [-0.2, -0.15) is 0 Å². The van der Waals surface area contributed by atoms with Crippen LogP contribution in [0.25, 0.3) is 0 Å². The Hall–Kier alpha value is -1.47. The van der Waals surface area contributed by atoms with E-state index in [4.69, 9.17) is 0 Å².